The minimum Gasteiger partial charge on any atom is -0.303 e. The van der Waals surface area contributed by atoms with Crippen LogP contribution in [-0.2, 0) is 9.59 Å². The maximum Gasteiger partial charge on any atom is 0.162 e. The van der Waals surface area contributed by atoms with E-state index in [2.05, 4.69) is 6.08 Å². The number of hydrogen-bond acceptors (Lipinski definition) is 2. The van der Waals surface area contributed by atoms with E-state index in [-0.39, 0.29) is 11.7 Å². The molecule has 3 atom stereocenters. The van der Waals surface area contributed by atoms with Crippen LogP contribution in [0.4, 0.5) is 0 Å². The number of aldehydes is 1. The van der Waals surface area contributed by atoms with Crippen LogP contribution in [-0.4, -0.2) is 12.1 Å². The number of fused-ring (bicyclic) bond motifs is 2. The second-order valence-corrected chi connectivity index (χ2v) is 3.73. The van der Waals surface area contributed by atoms with Gasteiger partial charge in [0.15, 0.2) is 5.78 Å². The van der Waals surface area contributed by atoms with Crippen molar-refractivity contribution in [2.24, 2.45) is 17.8 Å². The molecular weight excluding hydrogens is 164 g/mol. The average molecular weight is 176 g/mol. The Labute approximate surface area is 77.3 Å². The van der Waals surface area contributed by atoms with Gasteiger partial charge in [0.25, 0.3) is 0 Å². The Morgan fingerprint density at radius 2 is 2.23 bits per heavy atom. The number of hydrogen-bond donors (Lipinski definition) is 0. The molecule has 13 heavy (non-hydrogen) atoms. The van der Waals surface area contributed by atoms with E-state index in [0.29, 0.717) is 18.3 Å². The Morgan fingerprint density at radius 1 is 1.38 bits per heavy atom. The fourth-order valence-corrected chi connectivity index (χ4v) is 2.12. The van der Waals surface area contributed by atoms with Crippen molar-refractivity contribution in [1.29, 1.82) is 0 Å². The zero-order valence-electron chi connectivity index (χ0n) is 7.35. The monoisotopic (exact) mass is 176 g/mol. The van der Waals surface area contributed by atoms with Gasteiger partial charge < -0.3 is 4.79 Å². The summed E-state index contributed by atoms with van der Waals surface area (Å²) in [6.07, 6.45) is 10.0. The summed E-state index contributed by atoms with van der Waals surface area (Å²) in [7, 11) is 0. The molecule has 0 fully saturated rings. The van der Waals surface area contributed by atoms with E-state index in [1.54, 1.807) is 6.08 Å². The summed E-state index contributed by atoms with van der Waals surface area (Å²) in [5.41, 5.74) is 0. The number of rotatable bonds is 2. The normalized spacial score (nSPS) is 36.3. The second-order valence-electron chi connectivity index (χ2n) is 3.73. The van der Waals surface area contributed by atoms with Crippen molar-refractivity contribution in [2.45, 2.75) is 12.8 Å². The Hall–Kier alpha value is -1.18. The second kappa shape index (κ2) is 3.29. The van der Waals surface area contributed by atoms with Gasteiger partial charge in [-0.05, 0) is 24.3 Å². The van der Waals surface area contributed by atoms with Crippen LogP contribution < -0.4 is 0 Å². The Bertz CT molecular complexity index is 288. The van der Waals surface area contributed by atoms with Crippen LogP contribution in [0.1, 0.15) is 12.8 Å². The molecule has 0 saturated carbocycles. The lowest BCUT2D eigenvalue weighted by molar-refractivity contribution is -0.117. The van der Waals surface area contributed by atoms with Crippen LogP contribution in [0.5, 0.6) is 0 Å². The minimum absolute atomic E-state index is 0.0277. The van der Waals surface area contributed by atoms with E-state index >= 15 is 0 Å². The minimum atomic E-state index is 0.0277. The highest BCUT2D eigenvalue weighted by Gasteiger charge is 2.30. The summed E-state index contributed by atoms with van der Waals surface area (Å²) < 4.78 is 0. The molecule has 2 heteroatoms. The molecule has 3 aliphatic rings. The molecule has 0 aliphatic heterocycles. The highest BCUT2D eigenvalue weighted by molar-refractivity contribution is 5.93. The number of carbonyl (C=O) groups excluding carboxylic acids is 2. The third-order valence-corrected chi connectivity index (χ3v) is 2.91. The lowest BCUT2D eigenvalue weighted by atomic mass is 9.79. The first-order valence-electron chi connectivity index (χ1n) is 4.65. The molecule has 0 heterocycles. The van der Waals surface area contributed by atoms with Gasteiger partial charge >= 0.3 is 0 Å². The summed E-state index contributed by atoms with van der Waals surface area (Å²) in [5.74, 6) is 0.857. The Kier molecular flexibility index (Phi) is 2.13. The van der Waals surface area contributed by atoms with Gasteiger partial charge in [-0.2, -0.15) is 0 Å². The quantitative estimate of drug-likeness (QED) is 0.472. The molecule has 0 spiro atoms. The fourth-order valence-electron chi connectivity index (χ4n) is 2.12. The van der Waals surface area contributed by atoms with E-state index in [0.717, 1.165) is 12.7 Å². The van der Waals surface area contributed by atoms with Gasteiger partial charge in [0, 0.05) is 12.3 Å². The molecule has 0 aromatic carbocycles. The highest BCUT2D eigenvalue weighted by atomic mass is 16.1. The smallest absolute Gasteiger partial charge is 0.162 e. The topological polar surface area (TPSA) is 34.1 Å². The van der Waals surface area contributed by atoms with E-state index < -0.39 is 0 Å². The predicted molar refractivity (Wildman–Crippen MR) is 49.1 cm³/mol. The SMILES string of the molecule is O=CC[C@@H]1C[C@@H]2C=C[C@H]1C=CC2=O. The highest BCUT2D eigenvalue weighted by Crippen LogP contribution is 2.34. The molecule has 0 radical (unpaired) electrons. The summed E-state index contributed by atoms with van der Waals surface area (Å²) in [4.78, 5) is 21.8. The van der Waals surface area contributed by atoms with E-state index in [1.807, 2.05) is 12.2 Å². The molecule has 3 aliphatic carbocycles. The molecule has 0 unspecified atom stereocenters. The van der Waals surface area contributed by atoms with Crippen molar-refractivity contribution < 1.29 is 9.59 Å². The van der Waals surface area contributed by atoms with Crippen molar-refractivity contribution in [1.82, 2.24) is 0 Å². The van der Waals surface area contributed by atoms with Gasteiger partial charge in [-0.15, -0.1) is 0 Å². The molecule has 3 rings (SSSR count). The maximum absolute atomic E-state index is 11.4. The van der Waals surface area contributed by atoms with Crippen LogP contribution in [0.25, 0.3) is 0 Å². The van der Waals surface area contributed by atoms with Gasteiger partial charge in [0.05, 0.1) is 0 Å². The van der Waals surface area contributed by atoms with Gasteiger partial charge in [-0.3, -0.25) is 4.79 Å². The van der Waals surface area contributed by atoms with Crippen molar-refractivity contribution >= 4 is 12.1 Å². The van der Waals surface area contributed by atoms with Crippen LogP contribution >= 0.6 is 0 Å². The standard InChI is InChI=1S/C11H12O2/c12-6-5-9-7-10-2-1-8(9)3-4-11(10)13/h1-4,6,8-10H,5,7H2/t8-,9+,10-/m0/s1. The van der Waals surface area contributed by atoms with Crippen molar-refractivity contribution in [3.63, 3.8) is 0 Å². The van der Waals surface area contributed by atoms with Crippen LogP contribution in [0.2, 0.25) is 0 Å². The summed E-state index contributed by atoms with van der Waals surface area (Å²) in [6.45, 7) is 0. The molecule has 0 saturated heterocycles. The van der Waals surface area contributed by atoms with Crippen LogP contribution in [0.3, 0.4) is 0 Å². The number of ketones is 1. The third kappa shape index (κ3) is 1.48. The molecule has 0 N–H and O–H groups in total. The lowest BCUT2D eigenvalue weighted by Crippen LogP contribution is -2.20. The first kappa shape index (κ1) is 8.42. The largest absolute Gasteiger partial charge is 0.303 e. The van der Waals surface area contributed by atoms with Gasteiger partial charge in [0.2, 0.25) is 0 Å². The van der Waals surface area contributed by atoms with E-state index in [9.17, 15) is 9.59 Å². The van der Waals surface area contributed by atoms with E-state index in [1.165, 1.54) is 0 Å². The van der Waals surface area contributed by atoms with Gasteiger partial charge in [0.1, 0.15) is 6.29 Å². The van der Waals surface area contributed by atoms with Gasteiger partial charge in [-0.25, -0.2) is 0 Å². The number of carbonyl (C=O) groups is 2. The summed E-state index contributed by atoms with van der Waals surface area (Å²) in [6, 6.07) is 0. The Morgan fingerprint density at radius 3 is 3.00 bits per heavy atom. The van der Waals surface area contributed by atoms with E-state index in [4.69, 9.17) is 0 Å². The number of allylic oxidation sites excluding steroid dienone is 4. The molecule has 0 aromatic rings. The van der Waals surface area contributed by atoms with Crippen molar-refractivity contribution in [3.05, 3.63) is 24.3 Å². The predicted octanol–water partition coefficient (Wildman–Crippen LogP) is 1.52. The Balaban J connectivity index is 2.23. The zero-order valence-corrected chi connectivity index (χ0v) is 7.35. The average Bonchev–Trinajstić information content (AvgIpc) is 2.39. The summed E-state index contributed by atoms with van der Waals surface area (Å²) in [5, 5.41) is 0. The molecule has 68 valence electrons. The molecular formula is C11H12O2. The maximum atomic E-state index is 11.4. The van der Waals surface area contributed by atoms with Crippen LogP contribution in [0.15, 0.2) is 24.3 Å². The summed E-state index contributed by atoms with van der Waals surface area (Å²) >= 11 is 0. The van der Waals surface area contributed by atoms with Crippen LogP contribution in [0, 0.1) is 17.8 Å². The third-order valence-electron chi connectivity index (χ3n) is 2.91. The fraction of sp³-hybridized carbons (Fsp3) is 0.455. The first-order valence-corrected chi connectivity index (χ1v) is 4.65. The lowest BCUT2D eigenvalue weighted by Gasteiger charge is -2.24. The van der Waals surface area contributed by atoms with Crippen molar-refractivity contribution in [3.8, 4) is 0 Å². The van der Waals surface area contributed by atoms with Gasteiger partial charge in [-0.1, -0.05) is 18.2 Å². The molecule has 0 amide bonds. The van der Waals surface area contributed by atoms with Crippen molar-refractivity contribution in [2.75, 3.05) is 0 Å². The molecule has 2 bridgehead atoms. The zero-order chi connectivity index (χ0) is 9.26. The first-order chi connectivity index (χ1) is 6.31. The molecule has 0 aromatic heterocycles. The molecule has 2 nitrogen and oxygen atoms in total.